The number of rotatable bonds is 5. The number of carbonyl (C=O) groups excluding carboxylic acids is 1. The zero-order valence-electron chi connectivity index (χ0n) is 14.0. The van der Waals surface area contributed by atoms with Gasteiger partial charge < -0.3 is 15.6 Å². The lowest BCUT2D eigenvalue weighted by molar-refractivity contribution is -0.119. The maximum absolute atomic E-state index is 11.5. The minimum Gasteiger partial charge on any atom is -0.349 e. The first-order valence-corrected chi connectivity index (χ1v) is 8.48. The van der Waals surface area contributed by atoms with Gasteiger partial charge in [0.05, 0.1) is 18.0 Å². The molecule has 1 aromatic carbocycles. The van der Waals surface area contributed by atoms with Gasteiger partial charge in [-0.1, -0.05) is 41.7 Å². The molecule has 1 saturated carbocycles. The fraction of sp³-hybridized carbons (Fsp3) is 0.471. The van der Waals surface area contributed by atoms with Crippen LogP contribution in [0, 0.1) is 0 Å². The van der Waals surface area contributed by atoms with Crippen molar-refractivity contribution < 1.29 is 9.32 Å². The largest absolute Gasteiger partial charge is 0.349 e. The second kappa shape index (κ2) is 8.17. The van der Waals surface area contributed by atoms with E-state index in [1.54, 1.807) is 12.1 Å². The third-order valence-corrected chi connectivity index (χ3v) is 4.69. The molecule has 0 spiro atoms. The van der Waals surface area contributed by atoms with Crippen LogP contribution in [-0.4, -0.2) is 16.0 Å². The van der Waals surface area contributed by atoms with E-state index in [9.17, 15) is 4.79 Å². The number of carbonyl (C=O) groups is 1. The van der Waals surface area contributed by atoms with E-state index in [1.807, 2.05) is 12.1 Å². The summed E-state index contributed by atoms with van der Waals surface area (Å²) in [4.78, 5) is 16.0. The molecule has 1 atom stereocenters. The molecule has 3 N–H and O–H groups in total. The summed E-state index contributed by atoms with van der Waals surface area (Å²) in [5.74, 6) is 0.906. The maximum Gasteiger partial charge on any atom is 0.229 e. The average molecular weight is 385 g/mol. The molecule has 0 radical (unpaired) electrons. The number of aromatic nitrogens is 2. The Balaban J connectivity index is 0.00000225. The summed E-state index contributed by atoms with van der Waals surface area (Å²) in [6.45, 7) is 1.48. The molecule has 1 aliphatic rings. The molecule has 0 bridgehead atoms. The Morgan fingerprint density at radius 2 is 2.00 bits per heavy atom. The van der Waals surface area contributed by atoms with Crippen molar-refractivity contribution in [2.24, 2.45) is 5.73 Å². The topological polar surface area (TPSA) is 94.0 Å². The summed E-state index contributed by atoms with van der Waals surface area (Å²) in [6, 6.07) is 7.07. The van der Waals surface area contributed by atoms with Gasteiger partial charge in [-0.25, -0.2) is 0 Å². The first-order valence-electron chi connectivity index (χ1n) is 8.11. The second-order valence-corrected chi connectivity index (χ2v) is 6.82. The molecule has 1 amide bonds. The number of nitrogens with one attached hydrogen (secondary N) is 1. The Kier molecular flexibility index (Phi) is 6.43. The van der Waals surface area contributed by atoms with E-state index in [2.05, 4.69) is 15.5 Å². The van der Waals surface area contributed by atoms with E-state index in [4.69, 9.17) is 21.9 Å². The van der Waals surface area contributed by atoms with Gasteiger partial charge in [0.15, 0.2) is 5.82 Å². The summed E-state index contributed by atoms with van der Waals surface area (Å²) < 4.78 is 5.38. The molecule has 136 valence electrons. The molecule has 0 aliphatic heterocycles. The summed E-state index contributed by atoms with van der Waals surface area (Å²) in [5, 5.41) is 7.62. The van der Waals surface area contributed by atoms with Crippen molar-refractivity contribution in [3.8, 4) is 0 Å². The van der Waals surface area contributed by atoms with Crippen molar-refractivity contribution in [2.45, 2.75) is 50.6 Å². The van der Waals surface area contributed by atoms with Crippen LogP contribution in [0.4, 0.5) is 0 Å². The highest BCUT2D eigenvalue weighted by Gasteiger charge is 2.36. The van der Waals surface area contributed by atoms with Crippen LogP contribution in [0.15, 0.2) is 28.8 Å². The van der Waals surface area contributed by atoms with Crippen molar-refractivity contribution >= 4 is 29.9 Å². The fourth-order valence-corrected chi connectivity index (χ4v) is 3.26. The summed E-state index contributed by atoms with van der Waals surface area (Å²) in [7, 11) is 0. The predicted octanol–water partition coefficient (Wildman–Crippen LogP) is 3.29. The number of hydrogen-bond acceptors (Lipinski definition) is 5. The van der Waals surface area contributed by atoms with Crippen LogP contribution in [0.5, 0.6) is 0 Å². The number of halogens is 2. The highest BCUT2D eigenvalue weighted by molar-refractivity contribution is 6.30. The Morgan fingerprint density at radius 3 is 2.60 bits per heavy atom. The van der Waals surface area contributed by atoms with Gasteiger partial charge in [0, 0.05) is 11.9 Å². The molecule has 3 rings (SSSR count). The number of benzene rings is 1. The van der Waals surface area contributed by atoms with Crippen LogP contribution in [-0.2, 0) is 16.8 Å². The molecular formula is C17H22Cl2N4O2. The molecule has 6 nitrogen and oxygen atoms in total. The van der Waals surface area contributed by atoms with Crippen molar-refractivity contribution in [3.63, 3.8) is 0 Å². The third kappa shape index (κ3) is 4.71. The number of nitrogens with zero attached hydrogens (tertiary/aromatic N) is 2. The van der Waals surface area contributed by atoms with Gasteiger partial charge in [0.25, 0.3) is 0 Å². The van der Waals surface area contributed by atoms with E-state index in [0.29, 0.717) is 23.2 Å². The first kappa shape index (κ1) is 19.7. The van der Waals surface area contributed by atoms with Gasteiger partial charge >= 0.3 is 0 Å². The molecule has 1 heterocycles. The van der Waals surface area contributed by atoms with E-state index < -0.39 is 5.54 Å². The number of nitrogens with two attached hydrogens (primary N) is 1. The fourth-order valence-electron chi connectivity index (χ4n) is 3.14. The molecule has 8 heteroatoms. The highest BCUT2D eigenvalue weighted by Crippen LogP contribution is 2.34. The summed E-state index contributed by atoms with van der Waals surface area (Å²) in [5.41, 5.74) is 6.81. The van der Waals surface area contributed by atoms with Crippen LogP contribution in [0.25, 0.3) is 0 Å². The Hall–Kier alpha value is -1.63. The van der Waals surface area contributed by atoms with Crippen LogP contribution in [0.3, 0.4) is 0 Å². The molecule has 2 aromatic rings. The Bertz CT molecular complexity index is 712. The Morgan fingerprint density at radius 1 is 1.36 bits per heavy atom. The molecule has 0 saturated heterocycles. The maximum atomic E-state index is 11.5. The standard InChI is InChI=1S/C17H21ClN4O2.ClH/c1-11(23)20-14(12-4-6-13(18)7-5-12)10-15-21-16(22-24-15)17(19)8-2-3-9-17;/h4-7,14H,2-3,8-10,19H2,1H3,(H,20,23);1H. The van der Waals surface area contributed by atoms with Gasteiger partial charge in [0.2, 0.25) is 11.8 Å². The SMILES string of the molecule is CC(=O)NC(Cc1nc(C2(N)CCCC2)no1)c1ccc(Cl)cc1.Cl. The van der Waals surface area contributed by atoms with Crippen molar-refractivity contribution in [2.75, 3.05) is 0 Å². The monoisotopic (exact) mass is 384 g/mol. The van der Waals surface area contributed by atoms with Crippen LogP contribution < -0.4 is 11.1 Å². The van der Waals surface area contributed by atoms with Crippen molar-refractivity contribution in [1.29, 1.82) is 0 Å². The minimum atomic E-state index is -0.481. The predicted molar refractivity (Wildman–Crippen MR) is 97.6 cm³/mol. The summed E-state index contributed by atoms with van der Waals surface area (Å²) >= 11 is 5.93. The van der Waals surface area contributed by atoms with E-state index in [-0.39, 0.29) is 24.4 Å². The lowest BCUT2D eigenvalue weighted by Gasteiger charge is -2.18. The van der Waals surface area contributed by atoms with Crippen LogP contribution in [0.1, 0.15) is 55.9 Å². The van der Waals surface area contributed by atoms with Crippen molar-refractivity contribution in [1.82, 2.24) is 15.5 Å². The number of amides is 1. The molecule has 1 unspecified atom stereocenters. The average Bonchev–Trinajstić information content (AvgIpc) is 3.17. The smallest absolute Gasteiger partial charge is 0.229 e. The molecule has 25 heavy (non-hydrogen) atoms. The molecule has 1 aliphatic carbocycles. The Labute approximate surface area is 157 Å². The van der Waals surface area contributed by atoms with Crippen LogP contribution >= 0.6 is 24.0 Å². The van der Waals surface area contributed by atoms with Crippen LogP contribution in [0.2, 0.25) is 5.02 Å². The minimum absolute atomic E-state index is 0. The summed E-state index contributed by atoms with van der Waals surface area (Å²) in [6.07, 6.45) is 4.32. The van der Waals surface area contributed by atoms with Gasteiger partial charge in [-0.2, -0.15) is 4.98 Å². The van der Waals surface area contributed by atoms with Crippen molar-refractivity contribution in [3.05, 3.63) is 46.6 Å². The third-order valence-electron chi connectivity index (χ3n) is 4.44. The number of hydrogen-bond donors (Lipinski definition) is 2. The zero-order valence-corrected chi connectivity index (χ0v) is 15.6. The normalized spacial score (nSPS) is 16.9. The lowest BCUT2D eigenvalue weighted by Crippen LogP contribution is -2.34. The quantitative estimate of drug-likeness (QED) is 0.824. The van der Waals surface area contributed by atoms with E-state index in [0.717, 1.165) is 31.2 Å². The zero-order chi connectivity index (χ0) is 17.2. The van der Waals surface area contributed by atoms with Gasteiger partial charge in [-0.05, 0) is 30.5 Å². The van der Waals surface area contributed by atoms with E-state index >= 15 is 0 Å². The molecule has 1 aromatic heterocycles. The van der Waals surface area contributed by atoms with Gasteiger partial charge in [-0.3, -0.25) is 4.79 Å². The van der Waals surface area contributed by atoms with Gasteiger partial charge in [0.1, 0.15) is 0 Å². The lowest BCUT2D eigenvalue weighted by atomic mass is 9.98. The second-order valence-electron chi connectivity index (χ2n) is 6.38. The highest BCUT2D eigenvalue weighted by atomic mass is 35.5. The molecule has 1 fully saturated rings. The molecular weight excluding hydrogens is 363 g/mol. The van der Waals surface area contributed by atoms with Gasteiger partial charge in [-0.15, -0.1) is 12.4 Å². The first-order chi connectivity index (χ1) is 11.5. The van der Waals surface area contributed by atoms with E-state index in [1.165, 1.54) is 6.92 Å².